The van der Waals surface area contributed by atoms with Gasteiger partial charge in [0.05, 0.1) is 26.0 Å². The number of methoxy groups -OCH3 is 1. The van der Waals surface area contributed by atoms with E-state index in [4.69, 9.17) is 18.7 Å². The van der Waals surface area contributed by atoms with E-state index in [1.807, 2.05) is 55.5 Å². The molecule has 3 aromatic rings. The lowest BCUT2D eigenvalue weighted by molar-refractivity contribution is 0.181. The largest absolute Gasteiger partial charge is 0.493 e. The maximum Gasteiger partial charge on any atom is 0.161 e. The summed E-state index contributed by atoms with van der Waals surface area (Å²) >= 11 is 0. The maximum absolute atomic E-state index is 6.03. The Labute approximate surface area is 177 Å². The fraction of sp³-hybridized carbons (Fsp3) is 0.375. The summed E-state index contributed by atoms with van der Waals surface area (Å²) in [7, 11) is 1.66. The molecule has 1 saturated heterocycles. The average Bonchev–Trinajstić information content (AvgIpc) is 3.40. The molecule has 4 rings (SSSR count). The summed E-state index contributed by atoms with van der Waals surface area (Å²) in [6.07, 6.45) is 0.826. The third-order valence-electron chi connectivity index (χ3n) is 5.37. The van der Waals surface area contributed by atoms with Gasteiger partial charge in [0, 0.05) is 31.0 Å². The second kappa shape index (κ2) is 9.78. The van der Waals surface area contributed by atoms with Gasteiger partial charge in [0.1, 0.15) is 12.4 Å². The molecule has 0 radical (unpaired) electrons. The van der Waals surface area contributed by atoms with Gasteiger partial charge < -0.3 is 24.1 Å². The van der Waals surface area contributed by atoms with Gasteiger partial charge in [0.25, 0.3) is 0 Å². The zero-order valence-electron chi connectivity index (χ0n) is 17.5. The molecule has 6 nitrogen and oxygen atoms in total. The van der Waals surface area contributed by atoms with Crippen LogP contribution in [-0.4, -0.2) is 31.5 Å². The maximum atomic E-state index is 6.03. The van der Waals surface area contributed by atoms with E-state index in [0.717, 1.165) is 53.7 Å². The van der Waals surface area contributed by atoms with Crippen LogP contribution in [0.1, 0.15) is 22.6 Å². The van der Waals surface area contributed by atoms with Crippen LogP contribution in [0.2, 0.25) is 0 Å². The second-order valence-corrected chi connectivity index (χ2v) is 7.68. The Morgan fingerprint density at radius 2 is 1.90 bits per heavy atom. The minimum atomic E-state index is 0.270. The highest BCUT2D eigenvalue weighted by Crippen LogP contribution is 2.29. The zero-order chi connectivity index (χ0) is 20.8. The summed E-state index contributed by atoms with van der Waals surface area (Å²) in [5.41, 5.74) is 3.17. The van der Waals surface area contributed by atoms with E-state index in [-0.39, 0.29) is 6.04 Å². The van der Waals surface area contributed by atoms with E-state index in [2.05, 4.69) is 16.5 Å². The highest BCUT2D eigenvalue weighted by molar-refractivity contribution is 5.43. The van der Waals surface area contributed by atoms with Crippen molar-refractivity contribution in [1.82, 2.24) is 10.5 Å². The first-order valence-corrected chi connectivity index (χ1v) is 10.3. The number of aryl methyl sites for hydroxylation is 1. The Morgan fingerprint density at radius 1 is 1.03 bits per heavy atom. The molecule has 1 aromatic heterocycles. The molecule has 0 unspecified atom stereocenters. The van der Waals surface area contributed by atoms with Gasteiger partial charge in [0.2, 0.25) is 0 Å². The van der Waals surface area contributed by atoms with Gasteiger partial charge in [-0.2, -0.15) is 0 Å². The first-order valence-electron chi connectivity index (χ1n) is 10.3. The average molecular weight is 408 g/mol. The van der Waals surface area contributed by atoms with Gasteiger partial charge in [-0.05, 0) is 30.2 Å². The summed E-state index contributed by atoms with van der Waals surface area (Å²) in [5.74, 6) is 2.76. The number of nitrogens with one attached hydrogen (secondary N) is 1. The molecular weight excluding hydrogens is 380 g/mol. The molecule has 0 bridgehead atoms. The zero-order valence-corrected chi connectivity index (χ0v) is 17.5. The van der Waals surface area contributed by atoms with E-state index < -0.39 is 0 Å². The van der Waals surface area contributed by atoms with Crippen LogP contribution in [0, 0.1) is 12.8 Å². The Morgan fingerprint density at radius 3 is 2.67 bits per heavy atom. The number of benzene rings is 2. The van der Waals surface area contributed by atoms with Crippen LogP contribution in [0.4, 0.5) is 0 Å². The lowest BCUT2D eigenvalue weighted by Gasteiger charge is -2.19. The number of aromatic nitrogens is 1. The molecule has 0 spiro atoms. The molecule has 2 atom stereocenters. The molecule has 1 N–H and O–H groups in total. The van der Waals surface area contributed by atoms with Crippen LogP contribution >= 0.6 is 0 Å². The molecule has 6 heteroatoms. The molecule has 1 fully saturated rings. The normalized spacial score (nSPS) is 18.5. The van der Waals surface area contributed by atoms with E-state index in [1.165, 1.54) is 0 Å². The van der Waals surface area contributed by atoms with Crippen LogP contribution in [0.5, 0.6) is 11.5 Å². The van der Waals surface area contributed by atoms with Crippen molar-refractivity contribution in [1.29, 1.82) is 0 Å². The summed E-state index contributed by atoms with van der Waals surface area (Å²) in [4.78, 5) is 0. The second-order valence-electron chi connectivity index (χ2n) is 7.68. The van der Waals surface area contributed by atoms with Crippen LogP contribution < -0.4 is 14.8 Å². The monoisotopic (exact) mass is 408 g/mol. The van der Waals surface area contributed by atoms with Crippen molar-refractivity contribution >= 4 is 0 Å². The molecule has 0 amide bonds. The minimum absolute atomic E-state index is 0.270. The quantitative estimate of drug-likeness (QED) is 0.579. The minimum Gasteiger partial charge on any atom is -0.493 e. The molecule has 1 aliphatic heterocycles. The predicted molar refractivity (Wildman–Crippen MR) is 114 cm³/mol. The molecule has 2 heterocycles. The van der Waals surface area contributed by atoms with E-state index in [1.54, 1.807) is 7.11 Å². The summed E-state index contributed by atoms with van der Waals surface area (Å²) in [6, 6.07) is 18.4. The van der Waals surface area contributed by atoms with Gasteiger partial charge in [-0.25, -0.2) is 0 Å². The Hall–Kier alpha value is -2.83. The third kappa shape index (κ3) is 5.20. The SMILES string of the molecule is COc1ccc(CN[C@@H]2COC[C@H]2Cc2cc(C)no2)cc1OCc1ccccc1. The number of nitrogens with zero attached hydrogens (tertiary/aromatic N) is 1. The predicted octanol–water partition coefficient (Wildman–Crippen LogP) is 3.92. The number of hydrogen-bond donors (Lipinski definition) is 1. The molecular formula is C24H28N2O4. The van der Waals surface area contributed by atoms with Crippen LogP contribution in [-0.2, 0) is 24.3 Å². The third-order valence-corrected chi connectivity index (χ3v) is 5.37. The van der Waals surface area contributed by atoms with Gasteiger partial charge in [-0.3, -0.25) is 0 Å². The van der Waals surface area contributed by atoms with Gasteiger partial charge in [0.15, 0.2) is 11.5 Å². The molecule has 2 aromatic carbocycles. The first-order chi connectivity index (χ1) is 14.7. The van der Waals surface area contributed by atoms with Crippen LogP contribution in [0.3, 0.4) is 0 Å². The van der Waals surface area contributed by atoms with Crippen LogP contribution in [0.15, 0.2) is 59.1 Å². The van der Waals surface area contributed by atoms with Crippen molar-refractivity contribution in [3.8, 4) is 11.5 Å². The van der Waals surface area contributed by atoms with Crippen molar-refractivity contribution in [2.45, 2.75) is 32.5 Å². The molecule has 158 valence electrons. The van der Waals surface area contributed by atoms with E-state index in [0.29, 0.717) is 19.1 Å². The van der Waals surface area contributed by atoms with Crippen molar-refractivity contribution in [3.05, 3.63) is 77.2 Å². The van der Waals surface area contributed by atoms with E-state index in [9.17, 15) is 0 Å². The smallest absolute Gasteiger partial charge is 0.161 e. The number of ether oxygens (including phenoxy) is 3. The van der Waals surface area contributed by atoms with E-state index >= 15 is 0 Å². The molecule has 0 aliphatic carbocycles. The molecule has 1 aliphatic rings. The van der Waals surface area contributed by atoms with Crippen molar-refractivity contribution < 1.29 is 18.7 Å². The van der Waals surface area contributed by atoms with Crippen molar-refractivity contribution in [3.63, 3.8) is 0 Å². The number of hydrogen-bond acceptors (Lipinski definition) is 6. The number of rotatable bonds is 9. The Kier molecular flexibility index (Phi) is 6.67. The summed E-state index contributed by atoms with van der Waals surface area (Å²) in [5, 5.41) is 7.61. The van der Waals surface area contributed by atoms with Crippen molar-refractivity contribution in [2.24, 2.45) is 5.92 Å². The van der Waals surface area contributed by atoms with Crippen LogP contribution in [0.25, 0.3) is 0 Å². The Bertz CT molecular complexity index is 941. The summed E-state index contributed by atoms with van der Waals surface area (Å²) < 4.78 is 22.6. The fourth-order valence-electron chi connectivity index (χ4n) is 3.72. The van der Waals surface area contributed by atoms with Gasteiger partial charge in [-0.1, -0.05) is 41.6 Å². The summed E-state index contributed by atoms with van der Waals surface area (Å²) in [6.45, 7) is 4.60. The Balaban J connectivity index is 1.36. The van der Waals surface area contributed by atoms with Gasteiger partial charge in [-0.15, -0.1) is 0 Å². The fourth-order valence-corrected chi connectivity index (χ4v) is 3.72. The van der Waals surface area contributed by atoms with Gasteiger partial charge >= 0.3 is 0 Å². The molecule has 0 saturated carbocycles. The lowest BCUT2D eigenvalue weighted by atomic mass is 9.98. The first kappa shape index (κ1) is 20.4. The standard InChI is InChI=1S/C24H28N2O4/c1-17-10-21(30-26-17)12-20-15-28-16-22(20)25-13-19-8-9-23(27-2)24(11-19)29-14-18-6-4-3-5-7-18/h3-11,20,22,25H,12-16H2,1-2H3/t20-,22-/m1/s1. The molecule has 30 heavy (non-hydrogen) atoms. The van der Waals surface area contributed by atoms with Crippen molar-refractivity contribution in [2.75, 3.05) is 20.3 Å². The topological polar surface area (TPSA) is 65.8 Å². The highest BCUT2D eigenvalue weighted by Gasteiger charge is 2.29. The highest BCUT2D eigenvalue weighted by atomic mass is 16.5. The lowest BCUT2D eigenvalue weighted by Crippen LogP contribution is -2.36.